The van der Waals surface area contributed by atoms with Crippen molar-refractivity contribution >= 4 is 5.69 Å². The molecule has 0 aliphatic heterocycles. The van der Waals surface area contributed by atoms with E-state index in [0.29, 0.717) is 5.89 Å². The Bertz CT molecular complexity index is 409. The van der Waals surface area contributed by atoms with Crippen LogP contribution in [0.4, 0.5) is 5.69 Å². The number of benzene rings is 1. The molecule has 0 radical (unpaired) electrons. The second kappa shape index (κ2) is 2.90. The van der Waals surface area contributed by atoms with E-state index in [9.17, 15) is 0 Å². The Morgan fingerprint density at radius 3 is 2.85 bits per heavy atom. The molecule has 13 heavy (non-hydrogen) atoms. The van der Waals surface area contributed by atoms with E-state index in [1.54, 1.807) is 0 Å². The summed E-state index contributed by atoms with van der Waals surface area (Å²) in [4.78, 5) is 3.96. The average molecular weight is 175 g/mol. The number of hydrogen-bond acceptors (Lipinski definition) is 4. The highest BCUT2D eigenvalue weighted by Crippen LogP contribution is 2.22. The van der Waals surface area contributed by atoms with Crippen molar-refractivity contribution in [3.05, 3.63) is 30.1 Å². The summed E-state index contributed by atoms with van der Waals surface area (Å²) in [5.74, 6) is 0.525. The molecule has 1 heterocycles. The predicted molar refractivity (Wildman–Crippen MR) is 48.9 cm³/mol. The molecule has 0 bridgehead atoms. The van der Waals surface area contributed by atoms with Crippen LogP contribution in [0.15, 0.2) is 29.0 Å². The third kappa shape index (κ3) is 1.38. The van der Waals surface area contributed by atoms with Crippen LogP contribution in [0.1, 0.15) is 5.56 Å². The van der Waals surface area contributed by atoms with Crippen LogP contribution in [0.5, 0.6) is 0 Å². The fourth-order valence-electron chi connectivity index (χ4n) is 1.22. The molecule has 0 atom stereocenters. The molecule has 0 spiro atoms. The topological polar surface area (TPSA) is 64.9 Å². The standard InChI is InChI=1S/C9H9N3O/c1-6-4-7(10)2-3-8(6)9-11-5-12-13-9/h2-5H,10H2,1H3. The second-order valence-electron chi connectivity index (χ2n) is 2.82. The lowest BCUT2D eigenvalue weighted by Gasteiger charge is -2.00. The van der Waals surface area contributed by atoms with Gasteiger partial charge in [-0.1, -0.05) is 5.16 Å². The van der Waals surface area contributed by atoms with Crippen LogP contribution in [0.3, 0.4) is 0 Å². The molecule has 0 saturated carbocycles. The zero-order valence-corrected chi connectivity index (χ0v) is 7.19. The molecule has 2 rings (SSSR count). The van der Waals surface area contributed by atoms with E-state index in [-0.39, 0.29) is 0 Å². The van der Waals surface area contributed by atoms with Crippen molar-refractivity contribution < 1.29 is 4.52 Å². The quantitative estimate of drug-likeness (QED) is 0.669. The fraction of sp³-hybridized carbons (Fsp3) is 0.111. The van der Waals surface area contributed by atoms with Crippen LogP contribution in [0, 0.1) is 6.92 Å². The number of aryl methyl sites for hydroxylation is 1. The molecule has 4 heteroatoms. The predicted octanol–water partition coefficient (Wildman–Crippen LogP) is 1.63. The summed E-state index contributed by atoms with van der Waals surface area (Å²) in [7, 11) is 0. The van der Waals surface area contributed by atoms with Gasteiger partial charge >= 0.3 is 0 Å². The van der Waals surface area contributed by atoms with Crippen molar-refractivity contribution in [2.75, 3.05) is 5.73 Å². The van der Waals surface area contributed by atoms with Crippen molar-refractivity contribution in [1.82, 2.24) is 10.1 Å². The Labute approximate surface area is 75.4 Å². The van der Waals surface area contributed by atoms with Crippen LogP contribution in [-0.4, -0.2) is 10.1 Å². The molecule has 66 valence electrons. The fourth-order valence-corrected chi connectivity index (χ4v) is 1.22. The van der Waals surface area contributed by atoms with Gasteiger partial charge in [-0.15, -0.1) is 0 Å². The summed E-state index contributed by atoms with van der Waals surface area (Å²) in [6.45, 7) is 1.95. The minimum Gasteiger partial charge on any atom is -0.399 e. The summed E-state index contributed by atoms with van der Waals surface area (Å²) >= 11 is 0. The summed E-state index contributed by atoms with van der Waals surface area (Å²) in [6.07, 6.45) is 1.38. The Morgan fingerprint density at radius 2 is 2.23 bits per heavy atom. The smallest absolute Gasteiger partial charge is 0.257 e. The van der Waals surface area contributed by atoms with E-state index in [4.69, 9.17) is 10.3 Å². The largest absolute Gasteiger partial charge is 0.399 e. The minimum atomic E-state index is 0.525. The molecule has 0 aliphatic carbocycles. The lowest BCUT2D eigenvalue weighted by molar-refractivity contribution is 0.430. The zero-order valence-electron chi connectivity index (χ0n) is 7.19. The third-order valence-corrected chi connectivity index (χ3v) is 1.84. The average Bonchev–Trinajstić information content (AvgIpc) is 2.56. The van der Waals surface area contributed by atoms with Gasteiger partial charge in [0.05, 0.1) is 0 Å². The van der Waals surface area contributed by atoms with E-state index < -0.39 is 0 Å². The second-order valence-corrected chi connectivity index (χ2v) is 2.82. The molecule has 4 nitrogen and oxygen atoms in total. The maximum Gasteiger partial charge on any atom is 0.257 e. The van der Waals surface area contributed by atoms with Gasteiger partial charge in [-0.25, -0.2) is 0 Å². The number of anilines is 1. The molecular formula is C9H9N3O. The summed E-state index contributed by atoms with van der Waals surface area (Å²) < 4.78 is 4.94. The van der Waals surface area contributed by atoms with Gasteiger partial charge in [0.15, 0.2) is 6.33 Å². The number of rotatable bonds is 1. The van der Waals surface area contributed by atoms with Gasteiger partial charge < -0.3 is 10.3 Å². The maximum absolute atomic E-state index is 5.61. The van der Waals surface area contributed by atoms with Crippen LogP contribution in [-0.2, 0) is 0 Å². The number of nitrogen functional groups attached to an aromatic ring is 1. The Hall–Kier alpha value is -1.84. The van der Waals surface area contributed by atoms with Crippen molar-refractivity contribution in [2.24, 2.45) is 0 Å². The van der Waals surface area contributed by atoms with Crippen molar-refractivity contribution in [1.29, 1.82) is 0 Å². The number of hydrogen-bond donors (Lipinski definition) is 1. The number of nitrogens with zero attached hydrogens (tertiary/aromatic N) is 2. The van der Waals surface area contributed by atoms with E-state index in [1.807, 2.05) is 25.1 Å². The number of nitrogens with two attached hydrogens (primary N) is 1. The van der Waals surface area contributed by atoms with Crippen molar-refractivity contribution in [3.63, 3.8) is 0 Å². The highest BCUT2D eigenvalue weighted by Gasteiger charge is 2.06. The van der Waals surface area contributed by atoms with E-state index in [2.05, 4.69) is 10.1 Å². The summed E-state index contributed by atoms with van der Waals surface area (Å²) in [5, 5.41) is 3.54. The van der Waals surface area contributed by atoms with Gasteiger partial charge in [0.1, 0.15) is 0 Å². The van der Waals surface area contributed by atoms with E-state index in [0.717, 1.165) is 16.8 Å². The lowest BCUT2D eigenvalue weighted by Crippen LogP contribution is -1.88. The number of aromatic nitrogens is 2. The molecule has 2 N–H and O–H groups in total. The highest BCUT2D eigenvalue weighted by atomic mass is 16.5. The Kier molecular flexibility index (Phi) is 1.73. The van der Waals surface area contributed by atoms with Gasteiger partial charge in [-0.2, -0.15) is 4.98 Å². The molecule has 0 amide bonds. The third-order valence-electron chi connectivity index (χ3n) is 1.84. The molecule has 0 saturated heterocycles. The van der Waals surface area contributed by atoms with Gasteiger partial charge in [0.25, 0.3) is 5.89 Å². The molecule has 1 aromatic carbocycles. The first-order valence-corrected chi connectivity index (χ1v) is 3.90. The molecule has 2 aromatic rings. The van der Waals surface area contributed by atoms with Gasteiger partial charge in [0, 0.05) is 11.3 Å². The monoisotopic (exact) mass is 175 g/mol. The molecule has 0 fully saturated rings. The first-order valence-electron chi connectivity index (χ1n) is 3.90. The van der Waals surface area contributed by atoms with Gasteiger partial charge in [0.2, 0.25) is 0 Å². The summed E-state index contributed by atoms with van der Waals surface area (Å²) in [5.41, 5.74) is 8.31. The summed E-state index contributed by atoms with van der Waals surface area (Å²) in [6, 6.07) is 5.56. The van der Waals surface area contributed by atoms with Crippen LogP contribution in [0.2, 0.25) is 0 Å². The van der Waals surface area contributed by atoms with Crippen LogP contribution < -0.4 is 5.73 Å². The first kappa shape index (κ1) is 7.79. The first-order chi connectivity index (χ1) is 6.27. The van der Waals surface area contributed by atoms with Crippen molar-refractivity contribution in [3.8, 4) is 11.5 Å². The minimum absolute atomic E-state index is 0.525. The highest BCUT2D eigenvalue weighted by molar-refractivity contribution is 5.62. The molecule has 1 aromatic heterocycles. The van der Waals surface area contributed by atoms with Crippen molar-refractivity contribution in [2.45, 2.75) is 6.92 Å². The maximum atomic E-state index is 5.61. The Balaban J connectivity index is 2.53. The zero-order chi connectivity index (χ0) is 9.26. The van der Waals surface area contributed by atoms with Gasteiger partial charge in [-0.05, 0) is 30.7 Å². The van der Waals surface area contributed by atoms with E-state index >= 15 is 0 Å². The van der Waals surface area contributed by atoms with Gasteiger partial charge in [-0.3, -0.25) is 0 Å². The molecule has 0 aliphatic rings. The van der Waals surface area contributed by atoms with Crippen LogP contribution in [0.25, 0.3) is 11.5 Å². The lowest BCUT2D eigenvalue weighted by atomic mass is 10.1. The normalized spacial score (nSPS) is 10.2. The Morgan fingerprint density at radius 1 is 1.38 bits per heavy atom. The van der Waals surface area contributed by atoms with E-state index in [1.165, 1.54) is 6.33 Å². The van der Waals surface area contributed by atoms with Crippen LogP contribution >= 0.6 is 0 Å². The molecular weight excluding hydrogens is 166 g/mol. The molecule has 0 unspecified atom stereocenters. The SMILES string of the molecule is Cc1cc(N)ccc1-c1ncno1.